The molecule has 42 valence electrons. The van der Waals surface area contributed by atoms with E-state index in [-0.39, 0.29) is 0 Å². The van der Waals surface area contributed by atoms with E-state index in [1.165, 1.54) is 6.92 Å². The summed E-state index contributed by atoms with van der Waals surface area (Å²) in [5, 5.41) is 17.1. The van der Waals surface area contributed by atoms with E-state index in [4.69, 9.17) is 10.2 Å². The lowest BCUT2D eigenvalue weighted by Crippen LogP contribution is -2.23. The van der Waals surface area contributed by atoms with Crippen molar-refractivity contribution >= 4 is 0 Å². The van der Waals surface area contributed by atoms with Gasteiger partial charge < -0.3 is 10.2 Å². The Kier molecular flexibility index (Phi) is 1.56. The van der Waals surface area contributed by atoms with E-state index in [0.29, 0.717) is 5.57 Å². The maximum Gasteiger partial charge on any atom is 0.182 e. The Morgan fingerprint density at radius 3 is 1.71 bits per heavy atom. The Morgan fingerprint density at radius 2 is 1.71 bits per heavy atom. The predicted molar refractivity (Wildman–Crippen MR) is 27.7 cm³/mol. The largest absolute Gasteiger partial charge is 0.362 e. The van der Waals surface area contributed by atoms with Gasteiger partial charge in [-0.2, -0.15) is 0 Å². The molecule has 2 N–H and O–H groups in total. The second-order valence-corrected chi connectivity index (χ2v) is 1.80. The third kappa shape index (κ3) is 2.37. The van der Waals surface area contributed by atoms with Crippen LogP contribution in [-0.4, -0.2) is 16.0 Å². The second-order valence-electron chi connectivity index (χ2n) is 1.80. The van der Waals surface area contributed by atoms with E-state index < -0.39 is 5.79 Å². The first-order valence-electron chi connectivity index (χ1n) is 2.05. The molecular formula is C5H10O2. The number of aliphatic hydroxyl groups is 2. The average molecular weight is 102 g/mol. The third-order valence-electron chi connectivity index (χ3n) is 0.808. The highest BCUT2D eigenvalue weighted by Crippen LogP contribution is 2.06. The molecule has 0 fully saturated rings. The van der Waals surface area contributed by atoms with Crippen molar-refractivity contribution < 1.29 is 10.2 Å². The van der Waals surface area contributed by atoms with Crippen LogP contribution in [0.3, 0.4) is 0 Å². The average Bonchev–Trinajstić information content (AvgIpc) is 1.31. The molecule has 0 saturated heterocycles. The van der Waals surface area contributed by atoms with Gasteiger partial charge in [0.25, 0.3) is 0 Å². The second kappa shape index (κ2) is 1.64. The number of rotatable bonds is 1. The lowest BCUT2D eigenvalue weighted by molar-refractivity contribution is -0.110. The van der Waals surface area contributed by atoms with Crippen LogP contribution in [0.15, 0.2) is 12.2 Å². The summed E-state index contributed by atoms with van der Waals surface area (Å²) in [4.78, 5) is 0. The Hall–Kier alpha value is -0.340. The zero-order valence-corrected chi connectivity index (χ0v) is 4.60. The van der Waals surface area contributed by atoms with Crippen LogP contribution < -0.4 is 0 Å². The minimum Gasteiger partial charge on any atom is -0.362 e. The molecule has 2 nitrogen and oxygen atoms in total. The summed E-state index contributed by atoms with van der Waals surface area (Å²) < 4.78 is 0. The smallest absolute Gasteiger partial charge is 0.182 e. The summed E-state index contributed by atoms with van der Waals surface area (Å²) in [7, 11) is 0. The minimum atomic E-state index is -1.69. The van der Waals surface area contributed by atoms with Crippen molar-refractivity contribution in [3.8, 4) is 0 Å². The Labute approximate surface area is 43.1 Å². The van der Waals surface area contributed by atoms with Crippen molar-refractivity contribution in [1.29, 1.82) is 0 Å². The number of hydrogen-bond acceptors (Lipinski definition) is 2. The first kappa shape index (κ1) is 6.66. The van der Waals surface area contributed by atoms with Crippen LogP contribution in [0.5, 0.6) is 0 Å². The van der Waals surface area contributed by atoms with Gasteiger partial charge in [0.15, 0.2) is 5.79 Å². The molecule has 0 aliphatic heterocycles. The zero-order chi connectivity index (χ0) is 6.08. The Bertz CT molecular complexity index is 78.6. The highest BCUT2D eigenvalue weighted by molar-refractivity contribution is 4.99. The standard InChI is InChI=1S/C5H10O2/c1-4(2)5(3,6)7/h6-7H,1H2,2-3H3. The van der Waals surface area contributed by atoms with Crippen LogP contribution in [0.25, 0.3) is 0 Å². The van der Waals surface area contributed by atoms with Gasteiger partial charge in [-0.1, -0.05) is 6.58 Å². The fourth-order valence-electron chi connectivity index (χ4n) is 0. The molecule has 0 atom stereocenters. The Morgan fingerprint density at radius 1 is 1.57 bits per heavy atom. The minimum absolute atomic E-state index is 0.354. The summed E-state index contributed by atoms with van der Waals surface area (Å²) in [5.74, 6) is -1.69. The van der Waals surface area contributed by atoms with Crippen LogP contribution in [-0.2, 0) is 0 Å². The summed E-state index contributed by atoms with van der Waals surface area (Å²) in [6.07, 6.45) is 0. The molecule has 2 heteroatoms. The molecule has 0 rings (SSSR count). The quantitative estimate of drug-likeness (QED) is 0.368. The van der Waals surface area contributed by atoms with Gasteiger partial charge in [0, 0.05) is 0 Å². The van der Waals surface area contributed by atoms with Crippen LogP contribution >= 0.6 is 0 Å². The molecule has 0 aliphatic rings. The lowest BCUT2D eigenvalue weighted by Gasteiger charge is -2.13. The fraction of sp³-hybridized carbons (Fsp3) is 0.600. The molecule has 0 unspecified atom stereocenters. The van der Waals surface area contributed by atoms with Gasteiger partial charge in [-0.25, -0.2) is 0 Å². The van der Waals surface area contributed by atoms with Crippen molar-refractivity contribution in [2.45, 2.75) is 19.6 Å². The van der Waals surface area contributed by atoms with Gasteiger partial charge in [0.1, 0.15) is 0 Å². The van der Waals surface area contributed by atoms with Crippen LogP contribution in [0.4, 0.5) is 0 Å². The van der Waals surface area contributed by atoms with E-state index in [9.17, 15) is 0 Å². The van der Waals surface area contributed by atoms with Gasteiger partial charge in [0.2, 0.25) is 0 Å². The Balaban J connectivity index is 3.79. The molecule has 0 aromatic heterocycles. The monoisotopic (exact) mass is 102 g/mol. The molecule has 0 aromatic carbocycles. The van der Waals surface area contributed by atoms with Gasteiger partial charge in [-0.3, -0.25) is 0 Å². The van der Waals surface area contributed by atoms with Gasteiger partial charge in [0.05, 0.1) is 0 Å². The van der Waals surface area contributed by atoms with Crippen molar-refractivity contribution in [2.24, 2.45) is 0 Å². The highest BCUT2D eigenvalue weighted by atomic mass is 16.5. The summed E-state index contributed by atoms with van der Waals surface area (Å²) >= 11 is 0. The summed E-state index contributed by atoms with van der Waals surface area (Å²) in [6, 6.07) is 0. The molecule has 0 heterocycles. The molecule has 0 saturated carbocycles. The highest BCUT2D eigenvalue weighted by Gasteiger charge is 2.13. The van der Waals surface area contributed by atoms with Crippen LogP contribution in [0, 0.1) is 0 Å². The normalized spacial score (nSPS) is 11.4. The maximum absolute atomic E-state index is 8.55. The van der Waals surface area contributed by atoms with Crippen molar-refractivity contribution in [3.05, 3.63) is 12.2 Å². The molecular weight excluding hydrogens is 92.1 g/mol. The SMILES string of the molecule is C=C(C)C(C)(O)O. The van der Waals surface area contributed by atoms with Gasteiger partial charge in [-0.05, 0) is 19.4 Å². The molecule has 0 spiro atoms. The van der Waals surface area contributed by atoms with Crippen LogP contribution in [0.1, 0.15) is 13.8 Å². The first-order chi connectivity index (χ1) is 2.94. The molecule has 0 aliphatic carbocycles. The van der Waals surface area contributed by atoms with Gasteiger partial charge >= 0.3 is 0 Å². The third-order valence-corrected chi connectivity index (χ3v) is 0.808. The molecule has 0 bridgehead atoms. The van der Waals surface area contributed by atoms with E-state index in [1.807, 2.05) is 0 Å². The predicted octanol–water partition coefficient (Wildman–Crippen LogP) is 0.263. The van der Waals surface area contributed by atoms with Crippen molar-refractivity contribution in [1.82, 2.24) is 0 Å². The number of hydrogen-bond donors (Lipinski definition) is 2. The van der Waals surface area contributed by atoms with E-state index in [0.717, 1.165) is 0 Å². The first-order valence-corrected chi connectivity index (χ1v) is 2.05. The molecule has 0 aromatic rings. The molecule has 0 amide bonds. The zero-order valence-electron chi connectivity index (χ0n) is 4.60. The van der Waals surface area contributed by atoms with Crippen molar-refractivity contribution in [3.63, 3.8) is 0 Å². The van der Waals surface area contributed by atoms with E-state index in [2.05, 4.69) is 6.58 Å². The summed E-state index contributed by atoms with van der Waals surface area (Å²) in [5.41, 5.74) is 0.354. The van der Waals surface area contributed by atoms with Crippen molar-refractivity contribution in [2.75, 3.05) is 0 Å². The van der Waals surface area contributed by atoms with Crippen LogP contribution in [0.2, 0.25) is 0 Å². The maximum atomic E-state index is 8.55. The molecule has 0 radical (unpaired) electrons. The molecule has 7 heavy (non-hydrogen) atoms. The van der Waals surface area contributed by atoms with E-state index >= 15 is 0 Å². The lowest BCUT2D eigenvalue weighted by atomic mass is 10.2. The van der Waals surface area contributed by atoms with E-state index in [1.54, 1.807) is 6.92 Å². The summed E-state index contributed by atoms with van der Waals surface area (Å²) in [6.45, 7) is 6.16. The fourth-order valence-corrected chi connectivity index (χ4v) is 0. The topological polar surface area (TPSA) is 40.5 Å². The van der Waals surface area contributed by atoms with Gasteiger partial charge in [-0.15, -0.1) is 0 Å².